The van der Waals surface area contributed by atoms with E-state index in [1.807, 2.05) is 0 Å². The molecule has 1 aromatic carbocycles. The highest BCUT2D eigenvalue weighted by molar-refractivity contribution is 7.15. The standard InChI is InChI=1S/C18H18FN5O2S/c1-11(2)9-16-21-22-18(27-16)20-15(25)10-24-17(26)8-7-14(23-24)12-5-3-4-6-13(12)19/h3-8,11H,9-10H2,1-2H3,(H,20,22,25). The van der Waals surface area contributed by atoms with Crippen LogP contribution in [0.15, 0.2) is 41.2 Å². The van der Waals surface area contributed by atoms with E-state index < -0.39 is 17.3 Å². The molecule has 1 N–H and O–H groups in total. The van der Waals surface area contributed by atoms with E-state index in [-0.39, 0.29) is 17.8 Å². The highest BCUT2D eigenvalue weighted by Gasteiger charge is 2.13. The second kappa shape index (κ2) is 8.17. The lowest BCUT2D eigenvalue weighted by Crippen LogP contribution is -2.29. The van der Waals surface area contributed by atoms with E-state index in [9.17, 15) is 14.0 Å². The number of carbonyl (C=O) groups is 1. The Labute approximate surface area is 158 Å². The van der Waals surface area contributed by atoms with Crippen molar-refractivity contribution in [3.05, 3.63) is 57.6 Å². The normalized spacial score (nSPS) is 11.0. The first-order valence-electron chi connectivity index (χ1n) is 8.37. The average molecular weight is 387 g/mol. The van der Waals surface area contributed by atoms with Crippen LogP contribution in [-0.2, 0) is 17.8 Å². The molecular formula is C18H18FN5O2S. The first-order valence-corrected chi connectivity index (χ1v) is 9.19. The lowest BCUT2D eigenvalue weighted by atomic mass is 10.1. The topological polar surface area (TPSA) is 89.8 Å². The van der Waals surface area contributed by atoms with Crippen LogP contribution in [0.4, 0.5) is 9.52 Å². The van der Waals surface area contributed by atoms with Gasteiger partial charge >= 0.3 is 0 Å². The third-order valence-corrected chi connectivity index (χ3v) is 4.47. The monoisotopic (exact) mass is 387 g/mol. The largest absolute Gasteiger partial charge is 0.299 e. The first kappa shape index (κ1) is 18.8. The Balaban J connectivity index is 1.74. The number of rotatable bonds is 6. The molecular weight excluding hydrogens is 369 g/mol. The van der Waals surface area contributed by atoms with Crippen molar-refractivity contribution in [2.45, 2.75) is 26.8 Å². The smallest absolute Gasteiger partial charge is 0.267 e. The predicted molar refractivity (Wildman–Crippen MR) is 101 cm³/mol. The molecule has 0 fully saturated rings. The molecule has 9 heteroatoms. The highest BCUT2D eigenvalue weighted by Crippen LogP contribution is 2.19. The molecule has 0 spiro atoms. The van der Waals surface area contributed by atoms with Gasteiger partial charge in [0, 0.05) is 18.1 Å². The third-order valence-electron chi connectivity index (χ3n) is 3.61. The van der Waals surface area contributed by atoms with Crippen LogP contribution < -0.4 is 10.9 Å². The van der Waals surface area contributed by atoms with Crippen molar-refractivity contribution in [3.8, 4) is 11.3 Å². The summed E-state index contributed by atoms with van der Waals surface area (Å²) in [6.45, 7) is 3.83. The molecule has 0 radical (unpaired) electrons. The van der Waals surface area contributed by atoms with E-state index in [4.69, 9.17) is 0 Å². The maximum Gasteiger partial charge on any atom is 0.267 e. The zero-order valence-corrected chi connectivity index (χ0v) is 15.7. The van der Waals surface area contributed by atoms with Crippen molar-refractivity contribution in [2.24, 2.45) is 5.92 Å². The minimum Gasteiger partial charge on any atom is -0.299 e. The molecule has 7 nitrogen and oxygen atoms in total. The summed E-state index contributed by atoms with van der Waals surface area (Å²) in [7, 11) is 0. The number of benzene rings is 1. The Morgan fingerprint density at radius 3 is 2.74 bits per heavy atom. The summed E-state index contributed by atoms with van der Waals surface area (Å²) in [5.74, 6) is -0.473. The molecule has 1 amide bonds. The number of halogens is 1. The van der Waals surface area contributed by atoms with Gasteiger partial charge in [-0.1, -0.05) is 37.3 Å². The van der Waals surface area contributed by atoms with Crippen molar-refractivity contribution in [3.63, 3.8) is 0 Å². The Bertz CT molecular complexity index is 1010. The van der Waals surface area contributed by atoms with Gasteiger partial charge in [0.25, 0.3) is 5.56 Å². The summed E-state index contributed by atoms with van der Waals surface area (Å²) in [5, 5.41) is 15.9. The van der Waals surface area contributed by atoms with Crippen molar-refractivity contribution in [1.82, 2.24) is 20.0 Å². The van der Waals surface area contributed by atoms with Gasteiger partial charge in [0.2, 0.25) is 11.0 Å². The Morgan fingerprint density at radius 2 is 2.00 bits per heavy atom. The summed E-state index contributed by atoms with van der Waals surface area (Å²) in [6, 6.07) is 8.80. The van der Waals surface area contributed by atoms with Gasteiger partial charge in [-0.3, -0.25) is 14.9 Å². The van der Waals surface area contributed by atoms with Crippen LogP contribution in [0.5, 0.6) is 0 Å². The molecule has 0 saturated carbocycles. The zero-order valence-electron chi connectivity index (χ0n) is 14.8. The van der Waals surface area contributed by atoms with Gasteiger partial charge in [-0.15, -0.1) is 10.2 Å². The van der Waals surface area contributed by atoms with Crippen LogP contribution in [0, 0.1) is 11.7 Å². The molecule has 2 aromatic heterocycles. The third kappa shape index (κ3) is 4.82. The van der Waals surface area contributed by atoms with E-state index in [0.29, 0.717) is 11.0 Å². The van der Waals surface area contributed by atoms with Crippen molar-refractivity contribution >= 4 is 22.4 Å². The van der Waals surface area contributed by atoms with E-state index in [1.54, 1.807) is 18.2 Å². The molecule has 0 aliphatic carbocycles. The summed E-state index contributed by atoms with van der Waals surface area (Å²) in [4.78, 5) is 24.2. The van der Waals surface area contributed by atoms with E-state index in [2.05, 4.69) is 34.5 Å². The summed E-state index contributed by atoms with van der Waals surface area (Å²) in [6.07, 6.45) is 0.777. The van der Waals surface area contributed by atoms with Crippen molar-refractivity contribution in [1.29, 1.82) is 0 Å². The fraction of sp³-hybridized carbons (Fsp3) is 0.278. The molecule has 0 aliphatic heterocycles. The van der Waals surface area contributed by atoms with Crippen LogP contribution in [-0.4, -0.2) is 25.9 Å². The van der Waals surface area contributed by atoms with Crippen molar-refractivity contribution < 1.29 is 9.18 Å². The van der Waals surface area contributed by atoms with Crippen LogP contribution in [0.1, 0.15) is 18.9 Å². The molecule has 0 bridgehead atoms. The minimum atomic E-state index is -0.456. The van der Waals surface area contributed by atoms with Gasteiger partial charge in [0.05, 0.1) is 5.69 Å². The number of hydrogen-bond acceptors (Lipinski definition) is 6. The summed E-state index contributed by atoms with van der Waals surface area (Å²) < 4.78 is 14.9. The van der Waals surface area contributed by atoms with Gasteiger partial charge in [-0.2, -0.15) is 5.10 Å². The SMILES string of the molecule is CC(C)Cc1nnc(NC(=O)Cn2nc(-c3ccccc3F)ccc2=O)s1. The fourth-order valence-electron chi connectivity index (χ4n) is 2.41. The maximum atomic E-state index is 13.9. The zero-order chi connectivity index (χ0) is 19.4. The van der Waals surface area contributed by atoms with E-state index in [1.165, 1.54) is 29.5 Å². The molecule has 0 saturated heterocycles. The van der Waals surface area contributed by atoms with Gasteiger partial charge in [-0.25, -0.2) is 9.07 Å². The number of nitrogens with one attached hydrogen (secondary N) is 1. The van der Waals surface area contributed by atoms with Gasteiger partial charge in [-0.05, 0) is 24.1 Å². The second-order valence-corrected chi connectivity index (χ2v) is 7.40. The number of nitrogens with zero attached hydrogens (tertiary/aromatic N) is 4. The number of anilines is 1. The molecule has 0 unspecified atom stereocenters. The lowest BCUT2D eigenvalue weighted by Gasteiger charge is -2.07. The van der Waals surface area contributed by atoms with Gasteiger partial charge < -0.3 is 0 Å². The predicted octanol–water partition coefficient (Wildman–Crippen LogP) is 2.74. The fourth-order valence-corrected chi connectivity index (χ4v) is 3.37. The average Bonchev–Trinajstić information content (AvgIpc) is 3.03. The summed E-state index contributed by atoms with van der Waals surface area (Å²) in [5.41, 5.74) is 0.0766. The van der Waals surface area contributed by atoms with Crippen LogP contribution in [0.25, 0.3) is 11.3 Å². The molecule has 0 atom stereocenters. The molecule has 140 valence electrons. The number of carbonyl (C=O) groups excluding carboxylic acids is 1. The Morgan fingerprint density at radius 1 is 1.22 bits per heavy atom. The molecule has 3 aromatic rings. The van der Waals surface area contributed by atoms with Gasteiger partial charge in [0.1, 0.15) is 17.4 Å². The van der Waals surface area contributed by atoms with E-state index >= 15 is 0 Å². The quantitative estimate of drug-likeness (QED) is 0.702. The van der Waals surface area contributed by atoms with Gasteiger partial charge in [0.15, 0.2) is 0 Å². The number of hydrogen-bond donors (Lipinski definition) is 1. The Hall–Kier alpha value is -2.94. The van der Waals surface area contributed by atoms with Crippen LogP contribution in [0.2, 0.25) is 0 Å². The molecule has 0 aliphatic rings. The number of aromatic nitrogens is 4. The van der Waals surface area contributed by atoms with Crippen molar-refractivity contribution in [2.75, 3.05) is 5.32 Å². The van der Waals surface area contributed by atoms with Crippen LogP contribution >= 0.6 is 11.3 Å². The lowest BCUT2D eigenvalue weighted by molar-refractivity contribution is -0.117. The second-order valence-electron chi connectivity index (χ2n) is 6.34. The highest BCUT2D eigenvalue weighted by atomic mass is 32.1. The Kier molecular flexibility index (Phi) is 5.70. The first-order chi connectivity index (χ1) is 12.9. The molecule has 2 heterocycles. The summed E-state index contributed by atoms with van der Waals surface area (Å²) >= 11 is 1.29. The minimum absolute atomic E-state index is 0.258. The van der Waals surface area contributed by atoms with Crippen LogP contribution in [0.3, 0.4) is 0 Å². The van der Waals surface area contributed by atoms with E-state index in [0.717, 1.165) is 16.1 Å². The molecule has 27 heavy (non-hydrogen) atoms. The maximum absolute atomic E-state index is 13.9. The molecule has 3 rings (SSSR count). The number of amides is 1.